The molecule has 1 saturated heterocycles. The van der Waals surface area contributed by atoms with E-state index < -0.39 is 0 Å². The third kappa shape index (κ3) is 3.45. The molecule has 1 atom stereocenters. The minimum atomic E-state index is 0.0842. The van der Waals surface area contributed by atoms with Gasteiger partial charge in [0.05, 0.1) is 32.5 Å². The van der Waals surface area contributed by atoms with Gasteiger partial charge in [-0.3, -0.25) is 4.84 Å². The highest BCUT2D eigenvalue weighted by molar-refractivity contribution is 5.28. The molecule has 0 aromatic heterocycles. The molecule has 4 nitrogen and oxygen atoms in total. The van der Waals surface area contributed by atoms with Crippen molar-refractivity contribution in [3.05, 3.63) is 29.8 Å². The fourth-order valence-corrected chi connectivity index (χ4v) is 2.07. The Morgan fingerprint density at radius 1 is 1.22 bits per heavy atom. The summed E-state index contributed by atoms with van der Waals surface area (Å²) < 4.78 is 11.2. The van der Waals surface area contributed by atoms with Crippen molar-refractivity contribution in [2.75, 3.05) is 32.9 Å². The SMILES string of the molecule is CCOc1ccc(C2CN(OCC)CCO2)cc1. The first-order valence-corrected chi connectivity index (χ1v) is 6.55. The second-order valence-electron chi connectivity index (χ2n) is 4.17. The van der Waals surface area contributed by atoms with Crippen LogP contribution in [0.3, 0.4) is 0 Å². The van der Waals surface area contributed by atoms with Crippen LogP contribution in [0.25, 0.3) is 0 Å². The third-order valence-corrected chi connectivity index (χ3v) is 2.90. The smallest absolute Gasteiger partial charge is 0.119 e. The number of benzene rings is 1. The summed E-state index contributed by atoms with van der Waals surface area (Å²) in [5.74, 6) is 0.902. The van der Waals surface area contributed by atoms with Crippen LogP contribution in [0.5, 0.6) is 5.75 Å². The van der Waals surface area contributed by atoms with E-state index in [1.165, 1.54) is 5.56 Å². The van der Waals surface area contributed by atoms with E-state index in [2.05, 4.69) is 12.1 Å². The van der Waals surface area contributed by atoms with Gasteiger partial charge in [0.2, 0.25) is 0 Å². The maximum atomic E-state index is 5.78. The summed E-state index contributed by atoms with van der Waals surface area (Å²) in [5.41, 5.74) is 1.17. The molecule has 100 valence electrons. The van der Waals surface area contributed by atoms with Crippen molar-refractivity contribution in [1.82, 2.24) is 5.06 Å². The molecule has 0 aliphatic carbocycles. The zero-order valence-corrected chi connectivity index (χ0v) is 11.1. The van der Waals surface area contributed by atoms with Gasteiger partial charge < -0.3 is 9.47 Å². The quantitative estimate of drug-likeness (QED) is 0.804. The Hall–Kier alpha value is -1.10. The minimum absolute atomic E-state index is 0.0842. The summed E-state index contributed by atoms with van der Waals surface area (Å²) >= 11 is 0. The molecule has 0 bridgehead atoms. The lowest BCUT2D eigenvalue weighted by Crippen LogP contribution is -2.38. The molecule has 1 fully saturated rings. The highest BCUT2D eigenvalue weighted by Gasteiger charge is 2.22. The number of rotatable bonds is 5. The van der Waals surface area contributed by atoms with Crippen molar-refractivity contribution < 1.29 is 14.3 Å². The van der Waals surface area contributed by atoms with E-state index >= 15 is 0 Å². The van der Waals surface area contributed by atoms with Crippen molar-refractivity contribution >= 4 is 0 Å². The number of hydrogen-bond donors (Lipinski definition) is 0. The van der Waals surface area contributed by atoms with Crippen molar-refractivity contribution in [1.29, 1.82) is 0 Å². The van der Waals surface area contributed by atoms with E-state index in [4.69, 9.17) is 14.3 Å². The van der Waals surface area contributed by atoms with E-state index in [1.54, 1.807) is 0 Å². The van der Waals surface area contributed by atoms with Gasteiger partial charge in [-0.25, -0.2) is 0 Å². The maximum Gasteiger partial charge on any atom is 0.119 e. The molecule has 1 aliphatic rings. The molecule has 0 N–H and O–H groups in total. The largest absolute Gasteiger partial charge is 0.494 e. The first-order chi connectivity index (χ1) is 8.83. The monoisotopic (exact) mass is 251 g/mol. The van der Waals surface area contributed by atoms with Gasteiger partial charge in [0.25, 0.3) is 0 Å². The fraction of sp³-hybridized carbons (Fsp3) is 0.571. The molecule has 4 heteroatoms. The predicted octanol–water partition coefficient (Wildman–Crippen LogP) is 2.41. The van der Waals surface area contributed by atoms with E-state index in [0.29, 0.717) is 19.8 Å². The van der Waals surface area contributed by atoms with E-state index in [1.807, 2.05) is 31.0 Å². The van der Waals surface area contributed by atoms with Gasteiger partial charge in [-0.2, -0.15) is 5.06 Å². The molecule has 0 spiro atoms. The Morgan fingerprint density at radius 2 is 2.00 bits per heavy atom. The van der Waals surface area contributed by atoms with Crippen molar-refractivity contribution in [3.8, 4) is 5.75 Å². The molecular weight excluding hydrogens is 230 g/mol. The lowest BCUT2D eigenvalue weighted by Gasteiger charge is -2.32. The summed E-state index contributed by atoms with van der Waals surface area (Å²) in [6.07, 6.45) is 0.0842. The number of hydrogen-bond acceptors (Lipinski definition) is 4. The summed E-state index contributed by atoms with van der Waals surface area (Å²) in [6.45, 7) is 7.70. The van der Waals surface area contributed by atoms with Gasteiger partial charge in [-0.05, 0) is 31.5 Å². The Morgan fingerprint density at radius 3 is 2.67 bits per heavy atom. The lowest BCUT2D eigenvalue weighted by molar-refractivity contribution is -0.210. The molecular formula is C14H21NO3. The molecule has 0 saturated carbocycles. The van der Waals surface area contributed by atoms with E-state index in [-0.39, 0.29) is 6.10 Å². The van der Waals surface area contributed by atoms with Crippen LogP contribution in [0.2, 0.25) is 0 Å². The summed E-state index contributed by atoms with van der Waals surface area (Å²) in [5, 5.41) is 1.98. The van der Waals surface area contributed by atoms with Crippen LogP contribution in [-0.2, 0) is 9.57 Å². The average molecular weight is 251 g/mol. The molecule has 0 amide bonds. The molecule has 1 aromatic carbocycles. The molecule has 2 rings (SSSR count). The number of morpholine rings is 1. The Bertz CT molecular complexity index is 351. The van der Waals surface area contributed by atoms with E-state index in [0.717, 1.165) is 18.8 Å². The first kappa shape index (κ1) is 13.3. The highest BCUT2D eigenvalue weighted by atomic mass is 16.7. The topological polar surface area (TPSA) is 30.9 Å². The molecule has 0 radical (unpaired) electrons. The Balaban J connectivity index is 1.97. The van der Waals surface area contributed by atoms with Gasteiger partial charge in [-0.1, -0.05) is 12.1 Å². The minimum Gasteiger partial charge on any atom is -0.494 e. The van der Waals surface area contributed by atoms with Crippen molar-refractivity contribution in [2.24, 2.45) is 0 Å². The van der Waals surface area contributed by atoms with E-state index in [9.17, 15) is 0 Å². The second-order valence-corrected chi connectivity index (χ2v) is 4.17. The molecule has 1 unspecified atom stereocenters. The average Bonchev–Trinajstić information content (AvgIpc) is 2.41. The maximum absolute atomic E-state index is 5.78. The van der Waals surface area contributed by atoms with Crippen molar-refractivity contribution in [3.63, 3.8) is 0 Å². The Kier molecular flexibility index (Phi) is 4.99. The molecule has 1 aromatic rings. The molecule has 1 aliphatic heterocycles. The molecule has 1 heterocycles. The zero-order chi connectivity index (χ0) is 12.8. The number of ether oxygens (including phenoxy) is 2. The highest BCUT2D eigenvalue weighted by Crippen LogP contribution is 2.24. The van der Waals surface area contributed by atoms with Gasteiger partial charge in [0.1, 0.15) is 5.75 Å². The van der Waals surface area contributed by atoms with Crippen LogP contribution in [0.1, 0.15) is 25.5 Å². The molecule has 18 heavy (non-hydrogen) atoms. The lowest BCUT2D eigenvalue weighted by atomic mass is 10.1. The standard InChI is InChI=1S/C14H21NO3/c1-3-16-13-7-5-12(6-8-13)14-11-15(18-4-2)9-10-17-14/h5-8,14H,3-4,9-11H2,1-2H3. The van der Waals surface area contributed by atoms with Gasteiger partial charge in [-0.15, -0.1) is 0 Å². The summed E-state index contributed by atoms with van der Waals surface area (Å²) in [4.78, 5) is 5.53. The number of nitrogens with zero attached hydrogens (tertiary/aromatic N) is 1. The van der Waals surface area contributed by atoms with Crippen LogP contribution in [0, 0.1) is 0 Å². The predicted molar refractivity (Wildman–Crippen MR) is 69.5 cm³/mol. The van der Waals surface area contributed by atoms with Crippen LogP contribution < -0.4 is 4.74 Å². The second kappa shape index (κ2) is 6.73. The summed E-state index contributed by atoms with van der Waals surface area (Å²) in [7, 11) is 0. The van der Waals surface area contributed by atoms with Crippen LogP contribution in [0.15, 0.2) is 24.3 Å². The van der Waals surface area contributed by atoms with Crippen LogP contribution in [-0.4, -0.2) is 38.0 Å². The van der Waals surface area contributed by atoms with Crippen molar-refractivity contribution in [2.45, 2.75) is 20.0 Å². The Labute approximate surface area is 108 Å². The van der Waals surface area contributed by atoms with Crippen LogP contribution >= 0.6 is 0 Å². The summed E-state index contributed by atoms with van der Waals surface area (Å²) in [6, 6.07) is 8.10. The number of hydroxylamine groups is 2. The zero-order valence-electron chi connectivity index (χ0n) is 11.1. The van der Waals surface area contributed by atoms with Crippen LogP contribution in [0.4, 0.5) is 0 Å². The third-order valence-electron chi connectivity index (χ3n) is 2.90. The van der Waals surface area contributed by atoms with Gasteiger partial charge in [0.15, 0.2) is 0 Å². The van der Waals surface area contributed by atoms with Gasteiger partial charge in [0, 0.05) is 6.54 Å². The van der Waals surface area contributed by atoms with Gasteiger partial charge >= 0.3 is 0 Å². The first-order valence-electron chi connectivity index (χ1n) is 6.55. The normalized spacial score (nSPS) is 20.9. The fourth-order valence-electron chi connectivity index (χ4n) is 2.07.